The van der Waals surface area contributed by atoms with Gasteiger partial charge in [-0.25, -0.2) is 9.97 Å². The van der Waals surface area contributed by atoms with Crippen LogP contribution in [0, 0.1) is 6.92 Å². The van der Waals surface area contributed by atoms with Crippen LogP contribution >= 0.6 is 0 Å². The Kier molecular flexibility index (Phi) is 5.35. The Labute approximate surface area is 194 Å². The summed E-state index contributed by atoms with van der Waals surface area (Å²) in [7, 11) is 1.75. The van der Waals surface area contributed by atoms with Gasteiger partial charge in [0, 0.05) is 54.0 Å². The molecule has 0 saturated heterocycles. The number of nitrogens with zero attached hydrogens (tertiary/aromatic N) is 4. The number of H-pyrrole nitrogens is 2. The van der Waals surface area contributed by atoms with E-state index in [-0.39, 0.29) is 17.5 Å². The van der Waals surface area contributed by atoms with E-state index >= 15 is 0 Å². The average Bonchev–Trinajstić information content (AvgIpc) is 3.59. The summed E-state index contributed by atoms with van der Waals surface area (Å²) in [5.74, 6) is 0.525. The highest BCUT2D eigenvalue weighted by Gasteiger charge is 2.16. The Morgan fingerprint density at radius 2 is 1.85 bits per heavy atom. The van der Waals surface area contributed by atoms with Gasteiger partial charge >= 0.3 is 0 Å². The number of aromatic amines is 2. The Morgan fingerprint density at radius 3 is 2.62 bits per heavy atom. The van der Waals surface area contributed by atoms with E-state index in [0.717, 1.165) is 28.0 Å². The number of rotatable bonds is 6. The molecule has 0 radical (unpaired) electrons. The highest BCUT2D eigenvalue weighted by atomic mass is 16.2. The van der Waals surface area contributed by atoms with Crippen molar-refractivity contribution in [3.8, 4) is 0 Å². The van der Waals surface area contributed by atoms with Crippen LogP contribution in [0.15, 0.2) is 61.2 Å². The number of anilines is 1. The van der Waals surface area contributed by atoms with Crippen LogP contribution in [-0.2, 0) is 7.05 Å². The van der Waals surface area contributed by atoms with Crippen LogP contribution in [0.5, 0.6) is 0 Å². The number of nitrogens with one attached hydrogen (secondary N) is 3. The van der Waals surface area contributed by atoms with E-state index in [0.29, 0.717) is 16.8 Å². The number of hydrogen-bond acceptors (Lipinski definition) is 5. The molecule has 9 heteroatoms. The monoisotopic (exact) mass is 451 g/mol. The average molecular weight is 451 g/mol. The van der Waals surface area contributed by atoms with Crippen LogP contribution in [-0.4, -0.2) is 41.4 Å². The van der Waals surface area contributed by atoms with Crippen LogP contribution in [0.1, 0.15) is 43.6 Å². The first-order valence-electron chi connectivity index (χ1n) is 10.6. The van der Waals surface area contributed by atoms with Crippen molar-refractivity contribution in [1.82, 2.24) is 29.7 Å². The number of hydrogen-bond donors (Lipinski definition) is 3. The molecule has 0 saturated carbocycles. The molecular formula is C25H21N7O2. The second-order valence-electron chi connectivity index (χ2n) is 7.85. The van der Waals surface area contributed by atoms with Gasteiger partial charge < -0.3 is 14.9 Å². The number of imidazole rings is 2. The molecule has 3 aromatic heterocycles. The zero-order valence-electron chi connectivity index (χ0n) is 18.5. The van der Waals surface area contributed by atoms with Crippen molar-refractivity contribution in [1.29, 1.82) is 0 Å². The van der Waals surface area contributed by atoms with Gasteiger partial charge in [0.2, 0.25) is 0 Å². The minimum atomic E-state index is -0.339. The standard InChI is InChI=1S/C25H21N7O2/c1-15-3-4-16(13-20(15)29-25(34)24-28-11-12-32(24)2)23(33)17-5-6-18-19(30-31-21(18)14-17)7-8-22-26-9-10-27-22/h3-14H,1-2H3,(H,26,27)(H,29,34)(H,30,31). The largest absolute Gasteiger partial charge is 0.345 e. The third-order valence-electron chi connectivity index (χ3n) is 5.55. The van der Waals surface area contributed by atoms with E-state index < -0.39 is 0 Å². The number of fused-ring (bicyclic) bond motifs is 1. The molecule has 3 N–H and O–H groups in total. The van der Waals surface area contributed by atoms with E-state index in [1.54, 1.807) is 60.7 Å². The molecule has 0 fully saturated rings. The predicted molar refractivity (Wildman–Crippen MR) is 129 cm³/mol. The third-order valence-corrected chi connectivity index (χ3v) is 5.55. The summed E-state index contributed by atoms with van der Waals surface area (Å²) < 4.78 is 1.64. The smallest absolute Gasteiger partial charge is 0.291 e. The fourth-order valence-corrected chi connectivity index (χ4v) is 3.66. The van der Waals surface area contributed by atoms with Gasteiger partial charge in [-0.1, -0.05) is 18.2 Å². The topological polar surface area (TPSA) is 121 Å². The van der Waals surface area contributed by atoms with Gasteiger partial charge in [0.15, 0.2) is 11.6 Å². The fourth-order valence-electron chi connectivity index (χ4n) is 3.66. The molecule has 168 valence electrons. The molecule has 0 unspecified atom stereocenters. The van der Waals surface area contributed by atoms with E-state index in [2.05, 4.69) is 30.5 Å². The van der Waals surface area contributed by atoms with Crippen LogP contribution < -0.4 is 5.32 Å². The van der Waals surface area contributed by atoms with Crippen LogP contribution in [0.4, 0.5) is 5.69 Å². The summed E-state index contributed by atoms with van der Waals surface area (Å²) in [6, 6.07) is 10.7. The summed E-state index contributed by atoms with van der Waals surface area (Å²) >= 11 is 0. The van der Waals surface area contributed by atoms with Crippen LogP contribution in [0.3, 0.4) is 0 Å². The van der Waals surface area contributed by atoms with Crippen molar-refractivity contribution in [2.75, 3.05) is 5.32 Å². The number of amides is 1. The molecule has 0 aliphatic carbocycles. The molecule has 5 aromatic rings. The van der Waals surface area contributed by atoms with E-state index in [1.165, 1.54) is 0 Å². The highest BCUT2D eigenvalue weighted by molar-refractivity contribution is 6.12. The second kappa shape index (κ2) is 8.62. The first-order chi connectivity index (χ1) is 16.5. The second-order valence-corrected chi connectivity index (χ2v) is 7.85. The summed E-state index contributed by atoms with van der Waals surface area (Å²) in [6.45, 7) is 1.87. The summed E-state index contributed by atoms with van der Waals surface area (Å²) in [5, 5.41) is 11.1. The number of benzene rings is 2. The van der Waals surface area contributed by atoms with Crippen molar-refractivity contribution in [2.24, 2.45) is 7.05 Å². The molecular weight excluding hydrogens is 430 g/mol. The fraction of sp³-hybridized carbons (Fsp3) is 0.0800. The molecule has 0 aliphatic heterocycles. The molecule has 1 amide bonds. The summed E-state index contributed by atoms with van der Waals surface area (Å²) in [6.07, 6.45) is 10.4. The normalized spacial score (nSPS) is 11.4. The predicted octanol–water partition coefficient (Wildman–Crippen LogP) is 3.98. The van der Waals surface area contributed by atoms with Gasteiger partial charge in [-0.2, -0.15) is 5.10 Å². The van der Waals surface area contributed by atoms with Crippen molar-refractivity contribution in [3.63, 3.8) is 0 Å². The van der Waals surface area contributed by atoms with Crippen molar-refractivity contribution < 1.29 is 9.59 Å². The molecule has 5 rings (SSSR count). The molecule has 0 bridgehead atoms. The van der Waals surface area contributed by atoms with Gasteiger partial charge in [-0.05, 0) is 42.8 Å². The highest BCUT2D eigenvalue weighted by Crippen LogP contribution is 2.23. The zero-order valence-corrected chi connectivity index (χ0v) is 18.5. The lowest BCUT2D eigenvalue weighted by molar-refractivity contribution is 0.101. The molecule has 3 heterocycles. The Morgan fingerprint density at radius 1 is 1.03 bits per heavy atom. The lowest BCUT2D eigenvalue weighted by atomic mass is 10.00. The number of aryl methyl sites for hydroxylation is 2. The van der Waals surface area contributed by atoms with E-state index in [4.69, 9.17) is 0 Å². The number of ketones is 1. The minimum absolute atomic E-state index is 0.156. The summed E-state index contributed by atoms with van der Waals surface area (Å²) in [4.78, 5) is 37.0. The Balaban J connectivity index is 1.39. The lowest BCUT2D eigenvalue weighted by Gasteiger charge is -2.10. The maximum absolute atomic E-state index is 13.2. The molecule has 0 aliphatic rings. The van der Waals surface area contributed by atoms with Crippen molar-refractivity contribution in [3.05, 3.63) is 95.2 Å². The molecule has 9 nitrogen and oxygen atoms in total. The Bertz CT molecular complexity index is 1540. The lowest BCUT2D eigenvalue weighted by Crippen LogP contribution is -2.17. The van der Waals surface area contributed by atoms with Gasteiger partial charge in [0.25, 0.3) is 5.91 Å². The molecule has 34 heavy (non-hydrogen) atoms. The maximum Gasteiger partial charge on any atom is 0.291 e. The Hall–Kier alpha value is -4.79. The quantitative estimate of drug-likeness (QED) is 0.337. The number of carbonyl (C=O) groups excluding carboxylic acids is 2. The maximum atomic E-state index is 13.2. The molecule has 2 aromatic carbocycles. The van der Waals surface area contributed by atoms with Crippen LogP contribution in [0.25, 0.3) is 23.1 Å². The van der Waals surface area contributed by atoms with Gasteiger partial charge in [0.05, 0.1) is 11.2 Å². The van der Waals surface area contributed by atoms with Crippen molar-refractivity contribution in [2.45, 2.75) is 6.92 Å². The van der Waals surface area contributed by atoms with E-state index in [1.807, 2.05) is 31.2 Å². The summed E-state index contributed by atoms with van der Waals surface area (Å²) in [5.41, 5.74) is 3.89. The minimum Gasteiger partial charge on any atom is -0.345 e. The molecule has 0 atom stereocenters. The molecule has 0 spiro atoms. The SMILES string of the molecule is Cc1ccc(C(=O)c2ccc3c(C=Cc4ncc[nH]4)n[nH]c3c2)cc1NC(=O)c1nccn1C. The number of aromatic nitrogens is 6. The first kappa shape index (κ1) is 21.1. The van der Waals surface area contributed by atoms with Gasteiger partial charge in [0.1, 0.15) is 5.82 Å². The third kappa shape index (κ3) is 4.02. The van der Waals surface area contributed by atoms with Gasteiger partial charge in [-0.3, -0.25) is 14.7 Å². The number of carbonyl (C=O) groups is 2. The van der Waals surface area contributed by atoms with E-state index in [9.17, 15) is 9.59 Å². The van der Waals surface area contributed by atoms with Crippen molar-refractivity contribution >= 4 is 40.4 Å². The van der Waals surface area contributed by atoms with Gasteiger partial charge in [-0.15, -0.1) is 0 Å². The zero-order chi connectivity index (χ0) is 23.7. The first-order valence-corrected chi connectivity index (χ1v) is 10.6. The van der Waals surface area contributed by atoms with Crippen LogP contribution in [0.2, 0.25) is 0 Å².